The number of methoxy groups -OCH3 is 2. The molecule has 0 aromatic heterocycles. The summed E-state index contributed by atoms with van der Waals surface area (Å²) in [5.74, 6) is 1.96. The summed E-state index contributed by atoms with van der Waals surface area (Å²) >= 11 is 6.37. The van der Waals surface area contributed by atoms with Crippen LogP contribution in [0.4, 0.5) is 0 Å². The van der Waals surface area contributed by atoms with Crippen LogP contribution < -0.4 is 9.47 Å². The largest absolute Gasteiger partial charge is 0.497 e. The van der Waals surface area contributed by atoms with Gasteiger partial charge in [-0.05, 0) is 37.6 Å². The van der Waals surface area contributed by atoms with Gasteiger partial charge in [0.25, 0.3) is 0 Å². The first-order valence-corrected chi connectivity index (χ1v) is 6.13. The highest BCUT2D eigenvalue weighted by atomic mass is 35.5. The Kier molecular flexibility index (Phi) is 3.79. The van der Waals surface area contributed by atoms with Crippen molar-refractivity contribution >= 4 is 11.6 Å². The van der Waals surface area contributed by atoms with Crippen LogP contribution in [0.25, 0.3) is 0 Å². The van der Waals surface area contributed by atoms with Crippen LogP contribution in [0, 0.1) is 0 Å². The topological polar surface area (TPSA) is 21.7 Å². The third kappa shape index (κ3) is 2.50. The molecular weight excluding hydrogens is 238 g/mol. The molecule has 1 saturated heterocycles. The molecule has 1 atom stereocenters. The summed E-state index contributed by atoms with van der Waals surface area (Å²) < 4.78 is 10.6. The quantitative estimate of drug-likeness (QED) is 0.829. The minimum atomic E-state index is 0.469. The predicted molar refractivity (Wildman–Crippen MR) is 69.4 cm³/mol. The maximum atomic E-state index is 6.37. The Morgan fingerprint density at radius 3 is 2.59 bits per heavy atom. The fourth-order valence-electron chi connectivity index (χ4n) is 2.35. The molecule has 0 bridgehead atoms. The van der Waals surface area contributed by atoms with Gasteiger partial charge in [-0.2, -0.15) is 0 Å². The zero-order valence-electron chi connectivity index (χ0n) is 10.5. The molecule has 94 valence electrons. The van der Waals surface area contributed by atoms with E-state index in [0.717, 1.165) is 30.8 Å². The van der Waals surface area contributed by atoms with Crippen LogP contribution in [0.3, 0.4) is 0 Å². The van der Waals surface area contributed by atoms with Gasteiger partial charge >= 0.3 is 0 Å². The number of hydrogen-bond acceptors (Lipinski definition) is 3. The summed E-state index contributed by atoms with van der Waals surface area (Å²) in [7, 11) is 5.42. The average molecular weight is 256 g/mol. The Labute approximate surface area is 107 Å². The monoisotopic (exact) mass is 255 g/mol. The molecule has 1 aromatic carbocycles. The van der Waals surface area contributed by atoms with Crippen LogP contribution in [-0.2, 0) is 0 Å². The van der Waals surface area contributed by atoms with Crippen molar-refractivity contribution in [3.8, 4) is 11.5 Å². The molecule has 1 fully saturated rings. The fraction of sp³-hybridized carbons (Fsp3) is 0.538. The molecule has 0 saturated carbocycles. The van der Waals surface area contributed by atoms with Crippen molar-refractivity contribution in [2.75, 3.05) is 34.4 Å². The van der Waals surface area contributed by atoms with Crippen molar-refractivity contribution < 1.29 is 9.47 Å². The highest BCUT2D eigenvalue weighted by molar-refractivity contribution is 6.33. The third-order valence-electron chi connectivity index (χ3n) is 3.33. The highest BCUT2D eigenvalue weighted by Gasteiger charge is 2.25. The molecule has 0 spiro atoms. The molecule has 1 unspecified atom stereocenters. The van der Waals surface area contributed by atoms with Gasteiger partial charge in [0.1, 0.15) is 11.5 Å². The van der Waals surface area contributed by atoms with Crippen LogP contribution in [0.5, 0.6) is 11.5 Å². The summed E-state index contributed by atoms with van der Waals surface area (Å²) in [4.78, 5) is 2.31. The van der Waals surface area contributed by atoms with Gasteiger partial charge in [-0.15, -0.1) is 0 Å². The van der Waals surface area contributed by atoms with Crippen LogP contribution in [0.1, 0.15) is 17.9 Å². The average Bonchev–Trinajstić information content (AvgIpc) is 2.76. The number of ether oxygens (including phenoxy) is 2. The van der Waals surface area contributed by atoms with E-state index in [2.05, 4.69) is 11.9 Å². The van der Waals surface area contributed by atoms with Gasteiger partial charge in [0.2, 0.25) is 0 Å². The van der Waals surface area contributed by atoms with Crippen molar-refractivity contribution in [3.05, 3.63) is 22.7 Å². The van der Waals surface area contributed by atoms with E-state index in [1.165, 1.54) is 0 Å². The molecule has 1 aromatic rings. The Morgan fingerprint density at radius 1 is 1.29 bits per heavy atom. The minimum Gasteiger partial charge on any atom is -0.497 e. The van der Waals surface area contributed by atoms with Gasteiger partial charge in [-0.25, -0.2) is 0 Å². The van der Waals surface area contributed by atoms with Crippen molar-refractivity contribution in [1.82, 2.24) is 4.90 Å². The zero-order valence-corrected chi connectivity index (χ0v) is 11.3. The summed E-state index contributed by atoms with van der Waals surface area (Å²) in [6, 6.07) is 3.85. The molecule has 0 amide bonds. The van der Waals surface area contributed by atoms with Gasteiger partial charge < -0.3 is 14.4 Å². The van der Waals surface area contributed by atoms with E-state index in [1.807, 2.05) is 12.1 Å². The first-order valence-electron chi connectivity index (χ1n) is 5.75. The van der Waals surface area contributed by atoms with Crippen molar-refractivity contribution in [1.29, 1.82) is 0 Å². The lowest BCUT2D eigenvalue weighted by atomic mass is 9.97. The van der Waals surface area contributed by atoms with Crippen molar-refractivity contribution in [2.45, 2.75) is 12.3 Å². The van der Waals surface area contributed by atoms with Gasteiger partial charge in [0.05, 0.1) is 19.2 Å². The Bertz CT molecular complexity index is 409. The summed E-state index contributed by atoms with van der Waals surface area (Å²) in [5.41, 5.74) is 1.13. The van der Waals surface area contributed by atoms with Gasteiger partial charge in [0, 0.05) is 12.6 Å². The van der Waals surface area contributed by atoms with Crippen LogP contribution in [0.15, 0.2) is 12.1 Å². The van der Waals surface area contributed by atoms with E-state index in [9.17, 15) is 0 Å². The zero-order chi connectivity index (χ0) is 12.4. The second-order valence-electron chi connectivity index (χ2n) is 4.48. The summed E-state index contributed by atoms with van der Waals surface area (Å²) in [6.07, 6.45) is 1.13. The van der Waals surface area contributed by atoms with E-state index >= 15 is 0 Å². The first kappa shape index (κ1) is 12.5. The van der Waals surface area contributed by atoms with Crippen LogP contribution in [-0.4, -0.2) is 39.3 Å². The van der Waals surface area contributed by atoms with Gasteiger partial charge in [-0.1, -0.05) is 11.6 Å². The SMILES string of the molecule is COc1cc(OC)c(Cl)c(C2CCN(C)C2)c1. The maximum absolute atomic E-state index is 6.37. The lowest BCUT2D eigenvalue weighted by Gasteiger charge is -2.16. The first-order chi connectivity index (χ1) is 8.15. The number of rotatable bonds is 3. The molecule has 4 heteroatoms. The molecule has 1 aliphatic heterocycles. The fourth-order valence-corrected chi connectivity index (χ4v) is 2.69. The van der Waals surface area contributed by atoms with Crippen molar-refractivity contribution in [2.24, 2.45) is 0 Å². The van der Waals surface area contributed by atoms with Crippen molar-refractivity contribution in [3.63, 3.8) is 0 Å². The molecule has 0 radical (unpaired) electrons. The summed E-state index contributed by atoms with van der Waals surface area (Å²) in [6.45, 7) is 2.15. The minimum absolute atomic E-state index is 0.469. The Morgan fingerprint density at radius 2 is 2.06 bits per heavy atom. The number of likely N-dealkylation sites (tertiary alicyclic amines) is 1. The third-order valence-corrected chi connectivity index (χ3v) is 3.73. The Balaban J connectivity index is 2.37. The lowest BCUT2D eigenvalue weighted by molar-refractivity contribution is 0.391. The molecular formula is C13H18ClNO2. The molecule has 1 aliphatic rings. The van der Waals surface area contributed by atoms with Crippen LogP contribution >= 0.6 is 11.6 Å². The molecule has 1 heterocycles. The predicted octanol–water partition coefficient (Wildman–Crippen LogP) is 2.78. The molecule has 2 rings (SSSR count). The summed E-state index contributed by atoms with van der Waals surface area (Å²) in [5, 5.41) is 0.716. The molecule has 3 nitrogen and oxygen atoms in total. The van der Waals surface area contributed by atoms with Crippen LogP contribution in [0.2, 0.25) is 5.02 Å². The number of halogens is 1. The number of benzene rings is 1. The molecule has 0 N–H and O–H groups in total. The second kappa shape index (κ2) is 5.15. The molecule has 0 aliphatic carbocycles. The number of hydrogen-bond donors (Lipinski definition) is 0. The second-order valence-corrected chi connectivity index (χ2v) is 4.86. The standard InChI is InChI=1S/C13H18ClNO2/c1-15-5-4-9(8-15)11-6-10(16-2)7-12(17-3)13(11)14/h6-7,9H,4-5,8H2,1-3H3. The normalized spacial score (nSPS) is 20.6. The Hall–Kier alpha value is -0.930. The van der Waals surface area contributed by atoms with E-state index in [1.54, 1.807) is 14.2 Å². The van der Waals surface area contributed by atoms with E-state index in [0.29, 0.717) is 16.7 Å². The maximum Gasteiger partial charge on any atom is 0.141 e. The number of nitrogens with zero attached hydrogens (tertiary/aromatic N) is 1. The highest BCUT2D eigenvalue weighted by Crippen LogP contribution is 2.39. The van der Waals surface area contributed by atoms with E-state index < -0.39 is 0 Å². The smallest absolute Gasteiger partial charge is 0.141 e. The van der Waals surface area contributed by atoms with E-state index in [-0.39, 0.29) is 0 Å². The van der Waals surface area contributed by atoms with E-state index in [4.69, 9.17) is 21.1 Å². The molecule has 17 heavy (non-hydrogen) atoms. The number of likely N-dealkylation sites (N-methyl/N-ethyl adjacent to an activating group) is 1. The van der Waals surface area contributed by atoms with Gasteiger partial charge in [0.15, 0.2) is 0 Å². The van der Waals surface area contributed by atoms with Gasteiger partial charge in [-0.3, -0.25) is 0 Å². The lowest BCUT2D eigenvalue weighted by Crippen LogP contribution is -2.13.